The van der Waals surface area contributed by atoms with Crippen molar-refractivity contribution >= 4 is 22.4 Å². The Labute approximate surface area is 190 Å². The summed E-state index contributed by atoms with van der Waals surface area (Å²) in [4.78, 5) is 16.9. The van der Waals surface area contributed by atoms with Crippen LogP contribution in [0.15, 0.2) is 102 Å². The van der Waals surface area contributed by atoms with Crippen molar-refractivity contribution in [3.63, 3.8) is 0 Å². The van der Waals surface area contributed by atoms with Gasteiger partial charge < -0.3 is 14.6 Å². The maximum atomic E-state index is 12.4. The van der Waals surface area contributed by atoms with Gasteiger partial charge in [0.25, 0.3) is 0 Å². The average Bonchev–Trinajstić information content (AvgIpc) is 3.33. The van der Waals surface area contributed by atoms with E-state index in [9.17, 15) is 4.79 Å². The molecule has 1 amide bonds. The number of para-hydroxylation sites is 1. The first-order valence-electron chi connectivity index (χ1n) is 10.7. The van der Waals surface area contributed by atoms with Crippen LogP contribution in [0.4, 0.5) is 5.69 Å². The monoisotopic (exact) mass is 435 g/mol. The van der Waals surface area contributed by atoms with E-state index in [0.29, 0.717) is 29.6 Å². The molecule has 0 aliphatic rings. The number of hydrogen-bond donors (Lipinski definition) is 1. The van der Waals surface area contributed by atoms with Crippen LogP contribution in [0.2, 0.25) is 0 Å². The van der Waals surface area contributed by atoms with Crippen LogP contribution in [-0.2, 0) is 11.2 Å². The summed E-state index contributed by atoms with van der Waals surface area (Å²) in [5, 5.41) is 9.16. The van der Waals surface area contributed by atoms with Gasteiger partial charge in [-0.25, -0.2) is 0 Å². The van der Waals surface area contributed by atoms with Crippen molar-refractivity contribution in [3.8, 4) is 22.9 Å². The van der Waals surface area contributed by atoms with Crippen LogP contribution in [0.3, 0.4) is 0 Å². The molecule has 5 aromatic rings. The molecule has 0 spiro atoms. The van der Waals surface area contributed by atoms with Crippen molar-refractivity contribution in [2.75, 3.05) is 5.32 Å². The van der Waals surface area contributed by atoms with E-state index >= 15 is 0 Å². The topological polar surface area (TPSA) is 77.2 Å². The Hall–Kier alpha value is -4.45. The van der Waals surface area contributed by atoms with Crippen LogP contribution < -0.4 is 10.1 Å². The summed E-state index contributed by atoms with van der Waals surface area (Å²) in [5.41, 5.74) is 1.60. The fourth-order valence-corrected chi connectivity index (χ4v) is 3.56. The Morgan fingerprint density at radius 1 is 0.818 bits per heavy atom. The van der Waals surface area contributed by atoms with E-state index in [4.69, 9.17) is 9.26 Å². The Bertz CT molecular complexity index is 1370. The molecule has 6 heteroatoms. The Kier molecular flexibility index (Phi) is 5.80. The standard InChI is InChI=1S/C27H21N3O3/c31-25(28-20-13-15-22(16-14-20)32-21-9-2-1-3-10-21)17-18-26-29-27(30-33-26)24-12-6-8-19-7-4-5-11-23(19)24/h1-16H,17-18H2,(H,28,31). The number of carbonyl (C=O) groups excluding carboxylic acids is 1. The van der Waals surface area contributed by atoms with Gasteiger partial charge in [-0.05, 0) is 47.2 Å². The lowest BCUT2D eigenvalue weighted by Crippen LogP contribution is -2.12. The first-order valence-corrected chi connectivity index (χ1v) is 10.7. The quantitative estimate of drug-likeness (QED) is 0.327. The third-order valence-electron chi connectivity index (χ3n) is 5.18. The lowest BCUT2D eigenvalue weighted by Gasteiger charge is -2.07. The highest BCUT2D eigenvalue weighted by Gasteiger charge is 2.13. The van der Waals surface area contributed by atoms with Crippen LogP contribution in [0.25, 0.3) is 22.2 Å². The second-order valence-corrected chi connectivity index (χ2v) is 7.53. The third-order valence-corrected chi connectivity index (χ3v) is 5.18. The van der Waals surface area contributed by atoms with Gasteiger partial charge in [0.05, 0.1) is 0 Å². The third kappa shape index (κ3) is 4.91. The smallest absolute Gasteiger partial charge is 0.227 e. The predicted octanol–water partition coefficient (Wildman–Crippen LogP) is 6.25. The summed E-state index contributed by atoms with van der Waals surface area (Å²) < 4.78 is 11.2. The Morgan fingerprint density at radius 2 is 1.55 bits per heavy atom. The van der Waals surface area contributed by atoms with Gasteiger partial charge in [-0.3, -0.25) is 4.79 Å². The molecule has 0 atom stereocenters. The minimum atomic E-state index is -0.128. The zero-order chi connectivity index (χ0) is 22.5. The fourth-order valence-electron chi connectivity index (χ4n) is 3.56. The SMILES string of the molecule is O=C(CCc1nc(-c2cccc3ccccc23)no1)Nc1ccc(Oc2ccccc2)cc1. The van der Waals surface area contributed by atoms with Gasteiger partial charge in [0.15, 0.2) is 0 Å². The second-order valence-electron chi connectivity index (χ2n) is 7.53. The highest BCUT2D eigenvalue weighted by Crippen LogP contribution is 2.27. The molecule has 6 nitrogen and oxygen atoms in total. The number of benzene rings is 4. The van der Waals surface area contributed by atoms with Crippen molar-refractivity contribution in [2.24, 2.45) is 0 Å². The zero-order valence-corrected chi connectivity index (χ0v) is 17.8. The summed E-state index contributed by atoms with van der Waals surface area (Å²) >= 11 is 0. The number of aromatic nitrogens is 2. The van der Waals surface area contributed by atoms with Crippen molar-refractivity contribution in [3.05, 3.63) is 103 Å². The van der Waals surface area contributed by atoms with Crippen molar-refractivity contribution in [1.82, 2.24) is 10.1 Å². The number of nitrogens with one attached hydrogen (secondary N) is 1. The molecule has 4 aromatic carbocycles. The number of aryl methyl sites for hydroxylation is 1. The van der Waals surface area contributed by atoms with Crippen LogP contribution in [0.5, 0.6) is 11.5 Å². The van der Waals surface area contributed by atoms with Crippen molar-refractivity contribution in [2.45, 2.75) is 12.8 Å². The zero-order valence-electron chi connectivity index (χ0n) is 17.8. The van der Waals surface area contributed by atoms with Crippen LogP contribution in [0.1, 0.15) is 12.3 Å². The number of fused-ring (bicyclic) bond motifs is 1. The van der Waals surface area contributed by atoms with E-state index in [0.717, 1.165) is 22.1 Å². The van der Waals surface area contributed by atoms with Gasteiger partial charge in [0.1, 0.15) is 11.5 Å². The van der Waals surface area contributed by atoms with Crippen molar-refractivity contribution in [1.29, 1.82) is 0 Å². The van der Waals surface area contributed by atoms with Crippen LogP contribution in [-0.4, -0.2) is 16.0 Å². The molecule has 0 saturated heterocycles. The molecule has 33 heavy (non-hydrogen) atoms. The molecule has 0 aliphatic carbocycles. The van der Waals surface area contributed by atoms with E-state index in [1.807, 2.05) is 97.1 Å². The molecule has 0 radical (unpaired) electrons. The maximum Gasteiger partial charge on any atom is 0.227 e. The molecule has 1 heterocycles. The Morgan fingerprint density at radius 3 is 2.39 bits per heavy atom. The van der Waals surface area contributed by atoms with E-state index in [1.54, 1.807) is 0 Å². The van der Waals surface area contributed by atoms with Gasteiger partial charge >= 0.3 is 0 Å². The van der Waals surface area contributed by atoms with Gasteiger partial charge in [-0.1, -0.05) is 65.8 Å². The summed E-state index contributed by atoms with van der Waals surface area (Å²) in [5.74, 6) is 2.29. The normalized spacial score (nSPS) is 10.8. The number of amides is 1. The molecule has 162 valence electrons. The molecule has 0 saturated carbocycles. The molecule has 1 N–H and O–H groups in total. The summed E-state index contributed by atoms with van der Waals surface area (Å²) in [6.07, 6.45) is 0.595. The predicted molar refractivity (Wildman–Crippen MR) is 127 cm³/mol. The molecular weight excluding hydrogens is 414 g/mol. The minimum Gasteiger partial charge on any atom is -0.457 e. The van der Waals surface area contributed by atoms with Crippen LogP contribution in [0, 0.1) is 0 Å². The lowest BCUT2D eigenvalue weighted by molar-refractivity contribution is -0.116. The lowest BCUT2D eigenvalue weighted by atomic mass is 10.0. The number of rotatable bonds is 7. The second kappa shape index (κ2) is 9.36. The fraction of sp³-hybridized carbons (Fsp3) is 0.0741. The average molecular weight is 435 g/mol. The number of ether oxygens (including phenoxy) is 1. The van der Waals surface area contributed by atoms with Crippen molar-refractivity contribution < 1.29 is 14.1 Å². The highest BCUT2D eigenvalue weighted by molar-refractivity contribution is 5.95. The van der Waals surface area contributed by atoms with E-state index in [1.165, 1.54) is 0 Å². The largest absolute Gasteiger partial charge is 0.457 e. The first kappa shape index (κ1) is 20.5. The van der Waals surface area contributed by atoms with E-state index < -0.39 is 0 Å². The van der Waals surface area contributed by atoms with Gasteiger partial charge in [-0.15, -0.1) is 0 Å². The van der Waals surface area contributed by atoms with E-state index in [-0.39, 0.29) is 12.3 Å². The maximum absolute atomic E-state index is 12.4. The van der Waals surface area contributed by atoms with E-state index in [2.05, 4.69) is 15.5 Å². The highest BCUT2D eigenvalue weighted by atomic mass is 16.5. The van der Waals surface area contributed by atoms with Gasteiger partial charge in [0, 0.05) is 24.1 Å². The molecule has 0 aliphatic heterocycles. The number of carbonyl (C=O) groups is 1. The number of hydrogen-bond acceptors (Lipinski definition) is 5. The first-order chi connectivity index (χ1) is 16.2. The number of anilines is 1. The minimum absolute atomic E-state index is 0.128. The molecular formula is C27H21N3O3. The number of nitrogens with zero attached hydrogens (tertiary/aromatic N) is 2. The Balaban J connectivity index is 1.18. The molecule has 0 fully saturated rings. The van der Waals surface area contributed by atoms with Gasteiger partial charge in [0.2, 0.25) is 17.6 Å². The molecule has 0 unspecified atom stereocenters. The molecule has 1 aromatic heterocycles. The van der Waals surface area contributed by atoms with Gasteiger partial charge in [-0.2, -0.15) is 4.98 Å². The molecule has 5 rings (SSSR count). The summed E-state index contributed by atoms with van der Waals surface area (Å²) in [6.45, 7) is 0. The summed E-state index contributed by atoms with van der Waals surface area (Å²) in [7, 11) is 0. The summed E-state index contributed by atoms with van der Waals surface area (Å²) in [6, 6.07) is 30.8. The van der Waals surface area contributed by atoms with Crippen LogP contribution >= 0.6 is 0 Å². The molecule has 0 bridgehead atoms.